The Morgan fingerprint density at radius 3 is 2.74 bits per heavy atom. The predicted octanol–water partition coefficient (Wildman–Crippen LogP) is 3.11. The molecule has 2 aromatic heterocycles. The Labute approximate surface area is 131 Å². The number of amides is 1. The summed E-state index contributed by atoms with van der Waals surface area (Å²) in [5.74, 6) is 0.191. The number of hydrogen-bond donors (Lipinski definition) is 2. The number of rotatable bonds is 4. The molecule has 0 spiro atoms. The number of carbonyl (C=O) groups excluding carboxylic acids is 1. The van der Waals surface area contributed by atoms with E-state index in [2.05, 4.69) is 5.32 Å². The van der Waals surface area contributed by atoms with Crippen molar-refractivity contribution < 1.29 is 23.1 Å². The Hall–Kier alpha value is -2.60. The van der Waals surface area contributed by atoms with Gasteiger partial charge in [0.05, 0.1) is 6.54 Å². The first-order valence-corrected chi connectivity index (χ1v) is 7.12. The molecular weight excluding hydrogens is 301 g/mol. The highest BCUT2D eigenvalue weighted by Gasteiger charge is 2.28. The van der Waals surface area contributed by atoms with E-state index in [0.29, 0.717) is 22.5 Å². The Balaban J connectivity index is 1.73. The summed E-state index contributed by atoms with van der Waals surface area (Å²) in [6, 6.07) is 8.86. The van der Waals surface area contributed by atoms with Gasteiger partial charge in [0.1, 0.15) is 28.5 Å². The number of benzene rings is 1. The summed E-state index contributed by atoms with van der Waals surface area (Å²) in [5, 5.41) is 13.5. The fraction of sp³-hybridized carbons (Fsp3) is 0.235. The second kappa shape index (κ2) is 5.55. The van der Waals surface area contributed by atoms with Crippen molar-refractivity contribution in [3.05, 3.63) is 59.5 Å². The topological polar surface area (TPSA) is 75.6 Å². The van der Waals surface area contributed by atoms with E-state index in [1.165, 1.54) is 24.3 Å². The smallest absolute Gasteiger partial charge is 0.287 e. The Morgan fingerprint density at radius 1 is 1.26 bits per heavy atom. The van der Waals surface area contributed by atoms with Gasteiger partial charge in [-0.25, -0.2) is 4.39 Å². The molecule has 0 radical (unpaired) electrons. The zero-order valence-corrected chi connectivity index (χ0v) is 12.7. The van der Waals surface area contributed by atoms with Crippen LogP contribution in [-0.4, -0.2) is 17.6 Å². The molecule has 0 aliphatic heterocycles. The lowest BCUT2D eigenvalue weighted by Gasteiger charge is -2.20. The van der Waals surface area contributed by atoms with Gasteiger partial charge in [-0.15, -0.1) is 0 Å². The summed E-state index contributed by atoms with van der Waals surface area (Å²) in [7, 11) is 0. The number of hydrogen-bond acceptors (Lipinski definition) is 4. The molecule has 1 aromatic carbocycles. The molecule has 1 atom stereocenters. The molecule has 0 aliphatic carbocycles. The van der Waals surface area contributed by atoms with Crippen LogP contribution < -0.4 is 5.32 Å². The van der Waals surface area contributed by atoms with E-state index in [9.17, 15) is 14.3 Å². The fourth-order valence-corrected chi connectivity index (χ4v) is 2.28. The second-order valence-electron chi connectivity index (χ2n) is 5.66. The third-order valence-electron chi connectivity index (χ3n) is 3.57. The zero-order valence-electron chi connectivity index (χ0n) is 12.7. The third-order valence-corrected chi connectivity index (χ3v) is 3.57. The molecule has 23 heavy (non-hydrogen) atoms. The minimum Gasteiger partial charge on any atom is -0.463 e. The average Bonchev–Trinajstić information content (AvgIpc) is 3.11. The number of furan rings is 2. The van der Waals surface area contributed by atoms with Crippen molar-refractivity contribution in [2.24, 2.45) is 0 Å². The highest BCUT2D eigenvalue weighted by atomic mass is 19.1. The van der Waals surface area contributed by atoms with Gasteiger partial charge in [0, 0.05) is 5.39 Å². The maximum Gasteiger partial charge on any atom is 0.287 e. The number of halogens is 1. The number of nitrogens with one attached hydrogen (secondary N) is 1. The van der Waals surface area contributed by atoms with E-state index >= 15 is 0 Å². The molecule has 120 valence electrons. The summed E-state index contributed by atoms with van der Waals surface area (Å²) < 4.78 is 23.9. The third kappa shape index (κ3) is 3.12. The molecule has 0 fully saturated rings. The van der Waals surface area contributed by atoms with Gasteiger partial charge in [0.2, 0.25) is 0 Å². The summed E-state index contributed by atoms with van der Waals surface area (Å²) in [6.07, 6.45) is 0. The van der Waals surface area contributed by atoms with E-state index < -0.39 is 17.3 Å². The molecule has 0 bridgehead atoms. The fourth-order valence-electron chi connectivity index (χ4n) is 2.28. The van der Waals surface area contributed by atoms with E-state index in [1.807, 2.05) is 0 Å². The predicted molar refractivity (Wildman–Crippen MR) is 81.5 cm³/mol. The lowest BCUT2D eigenvalue weighted by molar-refractivity contribution is 0.0319. The minimum absolute atomic E-state index is 0.0514. The molecule has 1 amide bonds. The van der Waals surface area contributed by atoms with Crippen molar-refractivity contribution in [2.75, 3.05) is 6.54 Å². The first-order valence-electron chi connectivity index (χ1n) is 7.12. The standard InChI is InChI=1S/C17H16FNO4/c1-10-3-6-15(22-10)17(2,21)9-19-16(20)14-8-11-7-12(18)4-5-13(11)23-14/h3-8,21H,9H2,1-2H3,(H,19,20). The second-order valence-corrected chi connectivity index (χ2v) is 5.66. The lowest BCUT2D eigenvalue weighted by atomic mass is 10.0. The van der Waals surface area contributed by atoms with Crippen molar-refractivity contribution in [1.29, 1.82) is 0 Å². The van der Waals surface area contributed by atoms with Crippen LogP contribution in [0.4, 0.5) is 4.39 Å². The summed E-state index contributed by atoms with van der Waals surface area (Å²) in [5.41, 5.74) is -0.924. The van der Waals surface area contributed by atoms with Crippen LogP contribution in [0.5, 0.6) is 0 Å². The Kier molecular flexibility index (Phi) is 3.69. The summed E-state index contributed by atoms with van der Waals surface area (Å²) in [4.78, 5) is 12.1. The molecule has 0 saturated carbocycles. The van der Waals surface area contributed by atoms with Crippen molar-refractivity contribution in [2.45, 2.75) is 19.4 Å². The van der Waals surface area contributed by atoms with Crippen LogP contribution >= 0.6 is 0 Å². The van der Waals surface area contributed by atoms with E-state index in [0.717, 1.165) is 0 Å². The number of aryl methyl sites for hydroxylation is 1. The average molecular weight is 317 g/mol. The maximum absolute atomic E-state index is 13.2. The van der Waals surface area contributed by atoms with Gasteiger partial charge in [-0.1, -0.05) is 0 Å². The van der Waals surface area contributed by atoms with Crippen molar-refractivity contribution in [3.8, 4) is 0 Å². The van der Waals surface area contributed by atoms with E-state index in [1.54, 1.807) is 26.0 Å². The van der Waals surface area contributed by atoms with E-state index in [4.69, 9.17) is 8.83 Å². The highest BCUT2D eigenvalue weighted by Crippen LogP contribution is 2.23. The molecule has 6 heteroatoms. The van der Waals surface area contributed by atoms with Crippen LogP contribution in [0.1, 0.15) is 29.0 Å². The van der Waals surface area contributed by atoms with Crippen molar-refractivity contribution in [3.63, 3.8) is 0 Å². The van der Waals surface area contributed by atoms with Gasteiger partial charge in [-0.3, -0.25) is 4.79 Å². The SMILES string of the molecule is Cc1ccc(C(C)(O)CNC(=O)c2cc3cc(F)ccc3o2)o1. The van der Waals surface area contributed by atoms with Crippen molar-refractivity contribution in [1.82, 2.24) is 5.32 Å². The molecule has 2 heterocycles. The lowest BCUT2D eigenvalue weighted by Crippen LogP contribution is -2.38. The Morgan fingerprint density at radius 2 is 2.04 bits per heavy atom. The number of carbonyl (C=O) groups is 1. The van der Waals surface area contributed by atoms with Gasteiger partial charge in [0.25, 0.3) is 5.91 Å². The largest absolute Gasteiger partial charge is 0.463 e. The van der Waals surface area contributed by atoms with Gasteiger partial charge in [0.15, 0.2) is 5.76 Å². The molecule has 3 aromatic rings. The zero-order chi connectivity index (χ0) is 16.6. The van der Waals surface area contributed by atoms with Gasteiger partial charge in [-0.05, 0) is 50.2 Å². The molecule has 2 N–H and O–H groups in total. The monoisotopic (exact) mass is 317 g/mol. The number of aliphatic hydroxyl groups is 1. The van der Waals surface area contributed by atoms with Gasteiger partial charge in [-0.2, -0.15) is 0 Å². The molecule has 3 rings (SSSR count). The summed E-state index contributed by atoms with van der Waals surface area (Å²) in [6.45, 7) is 3.26. The molecule has 0 aliphatic rings. The molecule has 1 unspecified atom stereocenters. The van der Waals surface area contributed by atoms with Crippen LogP contribution in [0.2, 0.25) is 0 Å². The van der Waals surface area contributed by atoms with Crippen LogP contribution in [-0.2, 0) is 5.60 Å². The molecular formula is C17H16FNO4. The Bertz CT molecular complexity index is 862. The summed E-state index contributed by atoms with van der Waals surface area (Å²) >= 11 is 0. The van der Waals surface area contributed by atoms with Crippen LogP contribution in [0.3, 0.4) is 0 Å². The minimum atomic E-state index is -1.35. The first-order chi connectivity index (χ1) is 10.8. The molecule has 5 nitrogen and oxygen atoms in total. The first kappa shape index (κ1) is 15.3. The van der Waals surface area contributed by atoms with Crippen LogP contribution in [0.25, 0.3) is 11.0 Å². The quantitative estimate of drug-likeness (QED) is 0.775. The van der Waals surface area contributed by atoms with E-state index in [-0.39, 0.29) is 12.3 Å². The highest BCUT2D eigenvalue weighted by molar-refractivity contribution is 5.96. The van der Waals surface area contributed by atoms with Gasteiger partial charge >= 0.3 is 0 Å². The van der Waals surface area contributed by atoms with Gasteiger partial charge < -0.3 is 19.3 Å². The van der Waals surface area contributed by atoms with Crippen molar-refractivity contribution >= 4 is 16.9 Å². The molecule has 0 saturated heterocycles. The maximum atomic E-state index is 13.2. The van der Waals surface area contributed by atoms with Crippen LogP contribution in [0, 0.1) is 12.7 Å². The normalized spacial score (nSPS) is 13.9. The van der Waals surface area contributed by atoms with Crippen LogP contribution in [0.15, 0.2) is 45.2 Å². The number of fused-ring (bicyclic) bond motifs is 1.